The summed E-state index contributed by atoms with van der Waals surface area (Å²) in [6.07, 6.45) is -4.40. The summed E-state index contributed by atoms with van der Waals surface area (Å²) in [5.41, 5.74) is 1.68. The normalized spacial score (nSPS) is 12.2. The van der Waals surface area contributed by atoms with Crippen LogP contribution in [0.2, 0.25) is 0 Å². The van der Waals surface area contributed by atoms with E-state index in [1.54, 1.807) is 38.1 Å². The molecule has 0 fully saturated rings. The Balaban J connectivity index is 1.97. The number of anilines is 1. The Kier molecular flexibility index (Phi) is 6.44. The highest BCUT2D eigenvalue weighted by Gasteiger charge is 2.31. The lowest BCUT2D eigenvalue weighted by Gasteiger charge is -2.15. The molecule has 2 aromatic carbocycles. The summed E-state index contributed by atoms with van der Waals surface area (Å²) < 4.78 is 40.2. The number of hydrogen-bond donors (Lipinski definition) is 2. The second kappa shape index (κ2) is 8.57. The molecular weight excluding hydrogens is 361 g/mol. The third-order valence-electron chi connectivity index (χ3n) is 3.71. The fourth-order valence-electron chi connectivity index (χ4n) is 2.28. The minimum Gasteiger partial charge on any atom is -0.406 e. The largest absolute Gasteiger partial charge is 0.573 e. The molecule has 5 nitrogen and oxygen atoms in total. The zero-order valence-corrected chi connectivity index (χ0v) is 14.8. The van der Waals surface area contributed by atoms with Gasteiger partial charge in [-0.3, -0.25) is 9.59 Å². The van der Waals surface area contributed by atoms with Gasteiger partial charge in [-0.05, 0) is 48.9 Å². The van der Waals surface area contributed by atoms with Crippen LogP contribution >= 0.6 is 0 Å². The third kappa shape index (κ3) is 6.32. The van der Waals surface area contributed by atoms with Crippen LogP contribution in [0.15, 0.2) is 48.5 Å². The van der Waals surface area contributed by atoms with E-state index in [0.29, 0.717) is 12.1 Å². The van der Waals surface area contributed by atoms with Crippen molar-refractivity contribution in [1.82, 2.24) is 5.32 Å². The van der Waals surface area contributed by atoms with Crippen LogP contribution in [0.3, 0.4) is 0 Å². The molecule has 0 aliphatic rings. The highest BCUT2D eigenvalue weighted by Crippen LogP contribution is 2.23. The molecule has 0 aliphatic carbocycles. The molecule has 0 heterocycles. The van der Waals surface area contributed by atoms with E-state index in [1.165, 1.54) is 12.1 Å². The molecule has 0 saturated carbocycles. The summed E-state index contributed by atoms with van der Waals surface area (Å²) >= 11 is 0. The molecule has 0 bridgehead atoms. The lowest BCUT2D eigenvalue weighted by atomic mass is 10.1. The molecule has 0 aromatic heterocycles. The Bertz CT molecular complexity index is 787. The Morgan fingerprint density at radius 2 is 1.63 bits per heavy atom. The van der Waals surface area contributed by atoms with Crippen molar-refractivity contribution in [3.8, 4) is 5.75 Å². The molecular formula is C19H19F3N2O3. The van der Waals surface area contributed by atoms with Gasteiger partial charge in [-0.1, -0.05) is 19.1 Å². The SMILES string of the molecule is CCC(=O)Nc1ccc(C(C)NC(=O)c2ccc(OC(F)(F)F)cc2)cc1. The minimum atomic E-state index is -4.78. The second-order valence-electron chi connectivity index (χ2n) is 5.79. The Hall–Kier alpha value is -3.03. The topological polar surface area (TPSA) is 67.4 Å². The molecule has 0 aliphatic heterocycles. The highest BCUT2D eigenvalue weighted by molar-refractivity contribution is 5.94. The van der Waals surface area contributed by atoms with Crippen LogP contribution in [0, 0.1) is 0 Å². The molecule has 1 atom stereocenters. The number of ether oxygens (including phenoxy) is 1. The first-order chi connectivity index (χ1) is 12.7. The van der Waals surface area contributed by atoms with Crippen LogP contribution in [0.25, 0.3) is 0 Å². The third-order valence-corrected chi connectivity index (χ3v) is 3.71. The number of amides is 2. The maximum absolute atomic E-state index is 12.2. The Morgan fingerprint density at radius 1 is 1.04 bits per heavy atom. The van der Waals surface area contributed by atoms with Gasteiger partial charge >= 0.3 is 6.36 Å². The molecule has 0 saturated heterocycles. The number of rotatable bonds is 6. The van der Waals surface area contributed by atoms with Gasteiger partial charge in [0.1, 0.15) is 5.75 Å². The summed E-state index contributed by atoms with van der Waals surface area (Å²) in [6, 6.07) is 11.4. The van der Waals surface area contributed by atoms with Gasteiger partial charge in [0.25, 0.3) is 5.91 Å². The van der Waals surface area contributed by atoms with Gasteiger partial charge < -0.3 is 15.4 Å². The number of carbonyl (C=O) groups is 2. The van der Waals surface area contributed by atoms with Crippen LogP contribution in [0.1, 0.15) is 42.2 Å². The van der Waals surface area contributed by atoms with Crippen LogP contribution in [0.5, 0.6) is 5.75 Å². The average Bonchev–Trinajstić information content (AvgIpc) is 2.61. The number of halogens is 3. The maximum atomic E-state index is 12.2. The molecule has 2 N–H and O–H groups in total. The van der Waals surface area contributed by atoms with E-state index in [9.17, 15) is 22.8 Å². The zero-order chi connectivity index (χ0) is 20.0. The van der Waals surface area contributed by atoms with Crippen molar-refractivity contribution < 1.29 is 27.5 Å². The fraction of sp³-hybridized carbons (Fsp3) is 0.263. The molecule has 2 aromatic rings. The number of benzene rings is 2. The summed E-state index contributed by atoms with van der Waals surface area (Å²) in [4.78, 5) is 23.6. The van der Waals surface area contributed by atoms with E-state index < -0.39 is 18.0 Å². The lowest BCUT2D eigenvalue weighted by Crippen LogP contribution is -2.26. The maximum Gasteiger partial charge on any atom is 0.573 e. The lowest BCUT2D eigenvalue weighted by molar-refractivity contribution is -0.274. The van der Waals surface area contributed by atoms with Crippen molar-refractivity contribution in [2.45, 2.75) is 32.7 Å². The van der Waals surface area contributed by atoms with Crippen molar-refractivity contribution >= 4 is 17.5 Å². The molecule has 1 unspecified atom stereocenters. The molecule has 27 heavy (non-hydrogen) atoms. The number of carbonyl (C=O) groups excluding carboxylic acids is 2. The summed E-state index contributed by atoms with van der Waals surface area (Å²) in [7, 11) is 0. The van der Waals surface area contributed by atoms with E-state index in [4.69, 9.17) is 0 Å². The summed E-state index contributed by atoms with van der Waals surface area (Å²) in [6.45, 7) is 3.53. The number of nitrogens with one attached hydrogen (secondary N) is 2. The van der Waals surface area contributed by atoms with Crippen LogP contribution in [-0.2, 0) is 4.79 Å². The molecule has 8 heteroatoms. The number of alkyl halides is 3. The van der Waals surface area contributed by atoms with Gasteiger partial charge in [0.15, 0.2) is 0 Å². The van der Waals surface area contributed by atoms with E-state index >= 15 is 0 Å². The number of hydrogen-bond acceptors (Lipinski definition) is 3. The molecule has 0 radical (unpaired) electrons. The van der Waals surface area contributed by atoms with Gasteiger partial charge in [0.2, 0.25) is 5.91 Å². The van der Waals surface area contributed by atoms with E-state index in [0.717, 1.165) is 17.7 Å². The van der Waals surface area contributed by atoms with E-state index in [2.05, 4.69) is 15.4 Å². The summed E-state index contributed by atoms with van der Waals surface area (Å²) in [5, 5.41) is 5.49. The first-order valence-corrected chi connectivity index (χ1v) is 8.24. The fourth-order valence-corrected chi connectivity index (χ4v) is 2.28. The minimum absolute atomic E-state index is 0.0953. The first-order valence-electron chi connectivity index (χ1n) is 8.24. The molecule has 2 rings (SSSR count). The molecule has 2 amide bonds. The van der Waals surface area contributed by atoms with Crippen LogP contribution in [-0.4, -0.2) is 18.2 Å². The quantitative estimate of drug-likeness (QED) is 0.779. The van der Waals surface area contributed by atoms with Crippen molar-refractivity contribution in [3.05, 3.63) is 59.7 Å². The van der Waals surface area contributed by atoms with Gasteiger partial charge in [-0.2, -0.15) is 0 Å². The smallest absolute Gasteiger partial charge is 0.406 e. The monoisotopic (exact) mass is 380 g/mol. The van der Waals surface area contributed by atoms with E-state index in [1.807, 2.05) is 0 Å². The van der Waals surface area contributed by atoms with Crippen molar-refractivity contribution in [3.63, 3.8) is 0 Å². The molecule has 144 valence electrons. The predicted molar refractivity (Wildman–Crippen MR) is 94.4 cm³/mol. The van der Waals surface area contributed by atoms with E-state index in [-0.39, 0.29) is 17.5 Å². The van der Waals surface area contributed by atoms with Gasteiger partial charge in [-0.25, -0.2) is 0 Å². The van der Waals surface area contributed by atoms with Crippen molar-refractivity contribution in [2.24, 2.45) is 0 Å². The summed E-state index contributed by atoms with van der Waals surface area (Å²) in [5.74, 6) is -0.914. The van der Waals surface area contributed by atoms with Gasteiger partial charge in [0.05, 0.1) is 6.04 Å². The van der Waals surface area contributed by atoms with Gasteiger partial charge in [-0.15, -0.1) is 13.2 Å². The van der Waals surface area contributed by atoms with Crippen molar-refractivity contribution in [1.29, 1.82) is 0 Å². The predicted octanol–water partition coefficient (Wildman–Crippen LogP) is 4.42. The Morgan fingerprint density at radius 3 is 2.15 bits per heavy atom. The van der Waals surface area contributed by atoms with Crippen molar-refractivity contribution in [2.75, 3.05) is 5.32 Å². The standard InChI is InChI=1S/C19H19F3N2O3/c1-3-17(25)24-15-8-4-13(5-9-15)12(2)23-18(26)14-6-10-16(11-7-14)27-19(20,21)22/h4-12H,3H2,1-2H3,(H,23,26)(H,24,25). The molecule has 0 spiro atoms. The first kappa shape index (κ1) is 20.3. The highest BCUT2D eigenvalue weighted by atomic mass is 19.4. The van der Waals surface area contributed by atoms with Crippen LogP contribution < -0.4 is 15.4 Å². The second-order valence-corrected chi connectivity index (χ2v) is 5.79. The van der Waals surface area contributed by atoms with Crippen LogP contribution in [0.4, 0.5) is 18.9 Å². The average molecular weight is 380 g/mol. The zero-order valence-electron chi connectivity index (χ0n) is 14.8. The Labute approximate surface area is 154 Å². The van der Waals surface area contributed by atoms with Gasteiger partial charge in [0, 0.05) is 17.7 Å².